The molecule has 9 nitrogen and oxygen atoms in total. The van der Waals surface area contributed by atoms with E-state index in [-0.39, 0.29) is 4.90 Å². The minimum Gasteiger partial charge on any atom is -0.352 e. The smallest absolute Gasteiger partial charge is 0.243 e. The van der Waals surface area contributed by atoms with E-state index in [4.69, 9.17) is 11.6 Å². The number of halogens is 1. The van der Waals surface area contributed by atoms with Crippen LogP contribution in [0.1, 0.15) is 5.56 Å². The molecule has 0 saturated carbocycles. The van der Waals surface area contributed by atoms with Gasteiger partial charge in [0.05, 0.1) is 10.6 Å². The molecule has 0 radical (unpaired) electrons. The highest BCUT2D eigenvalue weighted by Gasteiger charge is 2.30. The number of piperazine rings is 1. The molecule has 1 fully saturated rings. The lowest BCUT2D eigenvalue weighted by molar-refractivity contribution is 0.384. The van der Waals surface area contributed by atoms with Crippen molar-refractivity contribution in [2.45, 2.75) is 11.8 Å². The summed E-state index contributed by atoms with van der Waals surface area (Å²) in [5, 5.41) is 8.98. The average Bonchev–Trinajstić information content (AvgIpc) is 3.24. The summed E-state index contributed by atoms with van der Waals surface area (Å²) in [7, 11) is -3.61. The molecule has 2 aromatic carbocycles. The minimum atomic E-state index is -3.61. The molecule has 0 unspecified atom stereocenters. The first-order chi connectivity index (χ1) is 15.4. The van der Waals surface area contributed by atoms with E-state index in [0.717, 1.165) is 11.3 Å². The van der Waals surface area contributed by atoms with Gasteiger partial charge in [0.1, 0.15) is 6.33 Å². The van der Waals surface area contributed by atoms with Crippen LogP contribution in [0.25, 0.3) is 16.9 Å². The Kier molecular flexibility index (Phi) is 5.28. The molecule has 1 aliphatic heterocycles. The number of rotatable bonds is 4. The molecule has 0 spiro atoms. The van der Waals surface area contributed by atoms with Crippen LogP contribution in [-0.2, 0) is 10.0 Å². The van der Waals surface area contributed by atoms with Gasteiger partial charge >= 0.3 is 0 Å². The van der Waals surface area contributed by atoms with Crippen molar-refractivity contribution < 1.29 is 8.42 Å². The molecule has 164 valence electrons. The van der Waals surface area contributed by atoms with Gasteiger partial charge in [-0.2, -0.15) is 8.99 Å². The monoisotopic (exact) mass is 469 g/mol. The predicted molar refractivity (Wildman–Crippen MR) is 122 cm³/mol. The van der Waals surface area contributed by atoms with Crippen LogP contribution >= 0.6 is 11.6 Å². The molecule has 0 atom stereocenters. The normalized spacial score (nSPS) is 15.4. The largest absolute Gasteiger partial charge is 0.352 e. The summed E-state index contributed by atoms with van der Waals surface area (Å²) in [5.74, 6) is 0.646. The number of hydrogen-bond acceptors (Lipinski definition) is 7. The molecule has 1 saturated heterocycles. The highest BCUT2D eigenvalue weighted by atomic mass is 35.5. The molecular weight excluding hydrogens is 450 g/mol. The summed E-state index contributed by atoms with van der Waals surface area (Å²) >= 11 is 5.98. The van der Waals surface area contributed by atoms with Crippen molar-refractivity contribution in [3.8, 4) is 5.69 Å². The Morgan fingerprint density at radius 3 is 2.44 bits per heavy atom. The molecule has 11 heteroatoms. The second-order valence-electron chi connectivity index (χ2n) is 7.55. The van der Waals surface area contributed by atoms with Gasteiger partial charge < -0.3 is 4.90 Å². The molecule has 4 aromatic rings. The van der Waals surface area contributed by atoms with Gasteiger partial charge in [0.2, 0.25) is 10.0 Å². The standard InChI is InChI=1S/C21H20ClN7O2S/c1-15-5-7-17(8-6-15)29-21-19(25-26-29)20(23-14-24-21)27-9-11-28(12-10-27)32(30,31)18-4-2-3-16(22)13-18/h2-8,13-14H,9-12H2,1H3. The summed E-state index contributed by atoms with van der Waals surface area (Å²) in [6.07, 6.45) is 1.49. The Morgan fingerprint density at radius 1 is 0.969 bits per heavy atom. The Labute approximate surface area is 190 Å². The Bertz CT molecular complexity index is 1380. The number of nitrogens with zero attached hydrogens (tertiary/aromatic N) is 7. The SMILES string of the molecule is Cc1ccc(-n2nnc3c(N4CCN(S(=O)(=O)c5cccc(Cl)c5)CC4)ncnc32)cc1. The first-order valence-electron chi connectivity index (χ1n) is 10.1. The summed E-state index contributed by atoms with van der Waals surface area (Å²) < 4.78 is 29.1. The van der Waals surface area contributed by atoms with Gasteiger partial charge in [-0.1, -0.05) is 40.6 Å². The minimum absolute atomic E-state index is 0.198. The maximum atomic E-state index is 13.0. The lowest BCUT2D eigenvalue weighted by Gasteiger charge is -2.34. The van der Waals surface area contributed by atoms with E-state index >= 15 is 0 Å². The third-order valence-corrected chi connectivity index (χ3v) is 7.60. The van der Waals surface area contributed by atoms with Gasteiger partial charge in [0.25, 0.3) is 0 Å². The van der Waals surface area contributed by atoms with Crippen LogP contribution in [0.2, 0.25) is 5.02 Å². The van der Waals surface area contributed by atoms with Crippen molar-refractivity contribution in [2.24, 2.45) is 0 Å². The Balaban J connectivity index is 1.39. The van der Waals surface area contributed by atoms with Crippen molar-refractivity contribution in [3.05, 3.63) is 65.4 Å². The topological polar surface area (TPSA) is 97.1 Å². The van der Waals surface area contributed by atoms with E-state index in [0.29, 0.717) is 48.2 Å². The number of fused-ring (bicyclic) bond motifs is 1. The molecule has 3 heterocycles. The van der Waals surface area contributed by atoms with Crippen LogP contribution in [0, 0.1) is 6.92 Å². The van der Waals surface area contributed by atoms with Gasteiger partial charge in [0, 0.05) is 31.2 Å². The van der Waals surface area contributed by atoms with Crippen LogP contribution < -0.4 is 4.90 Å². The quantitative estimate of drug-likeness (QED) is 0.453. The number of sulfonamides is 1. The van der Waals surface area contributed by atoms with E-state index in [1.54, 1.807) is 22.9 Å². The fourth-order valence-electron chi connectivity index (χ4n) is 3.74. The molecule has 0 N–H and O–H groups in total. The van der Waals surface area contributed by atoms with Crippen molar-refractivity contribution in [2.75, 3.05) is 31.1 Å². The van der Waals surface area contributed by atoms with E-state index in [1.807, 2.05) is 36.1 Å². The first kappa shape index (κ1) is 20.8. The number of anilines is 1. The van der Waals surface area contributed by atoms with Crippen molar-refractivity contribution in [3.63, 3.8) is 0 Å². The highest BCUT2D eigenvalue weighted by Crippen LogP contribution is 2.26. The van der Waals surface area contributed by atoms with E-state index in [2.05, 4.69) is 20.3 Å². The maximum Gasteiger partial charge on any atom is 0.243 e. The van der Waals surface area contributed by atoms with Crippen LogP contribution in [0.15, 0.2) is 59.8 Å². The molecule has 32 heavy (non-hydrogen) atoms. The third-order valence-electron chi connectivity index (χ3n) is 5.47. The van der Waals surface area contributed by atoms with Crippen molar-refractivity contribution in [1.82, 2.24) is 29.3 Å². The molecule has 5 rings (SSSR count). The zero-order valence-corrected chi connectivity index (χ0v) is 18.8. The molecule has 0 bridgehead atoms. The number of hydrogen-bond donors (Lipinski definition) is 0. The number of aryl methyl sites for hydroxylation is 1. The highest BCUT2D eigenvalue weighted by molar-refractivity contribution is 7.89. The summed E-state index contributed by atoms with van der Waals surface area (Å²) in [6, 6.07) is 14.3. The third kappa shape index (κ3) is 3.70. The number of aromatic nitrogens is 5. The van der Waals surface area contributed by atoms with Gasteiger partial charge in [-0.25, -0.2) is 18.4 Å². The zero-order valence-electron chi connectivity index (χ0n) is 17.3. The van der Waals surface area contributed by atoms with Gasteiger partial charge in [-0.05, 0) is 37.3 Å². The van der Waals surface area contributed by atoms with Gasteiger partial charge in [-0.3, -0.25) is 0 Å². The van der Waals surface area contributed by atoms with Crippen molar-refractivity contribution >= 4 is 38.6 Å². The second kappa shape index (κ2) is 8.12. The van der Waals surface area contributed by atoms with Crippen LogP contribution in [0.5, 0.6) is 0 Å². The lowest BCUT2D eigenvalue weighted by Crippen LogP contribution is -2.49. The predicted octanol–water partition coefficient (Wildman–Crippen LogP) is 2.68. The van der Waals surface area contributed by atoms with Crippen LogP contribution in [0.4, 0.5) is 5.82 Å². The molecule has 1 aliphatic rings. The van der Waals surface area contributed by atoms with Crippen molar-refractivity contribution in [1.29, 1.82) is 0 Å². The maximum absolute atomic E-state index is 13.0. The summed E-state index contributed by atoms with van der Waals surface area (Å²) in [5.41, 5.74) is 3.20. The summed E-state index contributed by atoms with van der Waals surface area (Å²) in [6.45, 7) is 3.63. The molecule has 2 aromatic heterocycles. The van der Waals surface area contributed by atoms with Crippen LogP contribution in [-0.4, -0.2) is 63.9 Å². The Morgan fingerprint density at radius 2 is 1.72 bits per heavy atom. The second-order valence-corrected chi connectivity index (χ2v) is 9.93. The fourth-order valence-corrected chi connectivity index (χ4v) is 5.47. The first-order valence-corrected chi connectivity index (χ1v) is 11.9. The lowest BCUT2D eigenvalue weighted by atomic mass is 10.2. The molecule has 0 amide bonds. The molecular formula is C21H20ClN7O2S. The summed E-state index contributed by atoms with van der Waals surface area (Å²) in [4.78, 5) is 11.0. The van der Waals surface area contributed by atoms with E-state index < -0.39 is 10.0 Å². The van der Waals surface area contributed by atoms with Gasteiger partial charge in [0.15, 0.2) is 17.0 Å². The van der Waals surface area contributed by atoms with Gasteiger partial charge in [-0.15, -0.1) is 5.10 Å². The number of benzene rings is 2. The van der Waals surface area contributed by atoms with E-state index in [1.165, 1.54) is 16.7 Å². The van der Waals surface area contributed by atoms with E-state index in [9.17, 15) is 8.42 Å². The van der Waals surface area contributed by atoms with Crippen LogP contribution in [0.3, 0.4) is 0 Å². The fraction of sp³-hybridized carbons (Fsp3) is 0.238. The molecule has 0 aliphatic carbocycles. The zero-order chi connectivity index (χ0) is 22.3. The average molecular weight is 470 g/mol. The Hall–Kier alpha value is -3.08.